The topological polar surface area (TPSA) is 51.3 Å². The van der Waals surface area contributed by atoms with Gasteiger partial charge in [-0.15, -0.1) is 0 Å². The Hall–Kier alpha value is -2.75. The van der Waals surface area contributed by atoms with Crippen molar-refractivity contribution in [3.63, 3.8) is 0 Å². The van der Waals surface area contributed by atoms with E-state index in [0.717, 1.165) is 33.3 Å². The molecule has 3 aromatic rings. The van der Waals surface area contributed by atoms with Gasteiger partial charge in [-0.05, 0) is 42.7 Å². The second kappa shape index (κ2) is 7.21. The van der Waals surface area contributed by atoms with Crippen LogP contribution in [0.1, 0.15) is 16.7 Å². The molecule has 1 N–H and O–H groups in total. The highest BCUT2D eigenvalue weighted by atomic mass is 16.6. The number of nitrogens with one attached hydrogen (secondary N) is 1. The fraction of sp³-hybridized carbons (Fsp3) is 0.250. The number of aromatic nitrogens is 1. The zero-order valence-electron chi connectivity index (χ0n) is 14.0. The third kappa shape index (κ3) is 3.77. The number of ether oxygens (including phenoxy) is 2. The zero-order valence-corrected chi connectivity index (χ0v) is 14.0. The number of carbonyl (C=O) groups excluding carboxylic acids is 1. The Morgan fingerprint density at radius 1 is 1.08 bits per heavy atom. The van der Waals surface area contributed by atoms with Crippen LogP contribution in [0.15, 0.2) is 48.7 Å². The van der Waals surface area contributed by atoms with Crippen LogP contribution in [0.3, 0.4) is 0 Å². The summed E-state index contributed by atoms with van der Waals surface area (Å²) in [6.45, 7) is 4.61. The lowest BCUT2D eigenvalue weighted by Gasteiger charge is -2.10. The smallest absolute Gasteiger partial charge is 0.310 e. The molecule has 0 aliphatic heterocycles. The first-order valence-corrected chi connectivity index (χ1v) is 8.04. The van der Waals surface area contributed by atoms with Gasteiger partial charge in [0.2, 0.25) is 0 Å². The van der Waals surface area contributed by atoms with Crippen LogP contribution >= 0.6 is 0 Å². The molecule has 24 heavy (non-hydrogen) atoms. The van der Waals surface area contributed by atoms with Crippen molar-refractivity contribution in [3.05, 3.63) is 65.4 Å². The summed E-state index contributed by atoms with van der Waals surface area (Å²) in [5.74, 6) is 0.590. The van der Waals surface area contributed by atoms with Crippen molar-refractivity contribution in [1.29, 1.82) is 0 Å². The van der Waals surface area contributed by atoms with Gasteiger partial charge in [-0.1, -0.05) is 30.3 Å². The molecule has 0 saturated heterocycles. The summed E-state index contributed by atoms with van der Waals surface area (Å²) in [6.07, 6.45) is 2.12. The van der Waals surface area contributed by atoms with Crippen LogP contribution in [0.4, 0.5) is 0 Å². The average molecular weight is 323 g/mol. The first kappa shape index (κ1) is 16.1. The Morgan fingerprint density at radius 2 is 1.92 bits per heavy atom. The fourth-order valence-electron chi connectivity index (χ4n) is 2.65. The van der Waals surface area contributed by atoms with Gasteiger partial charge in [-0.3, -0.25) is 4.79 Å². The van der Waals surface area contributed by atoms with Gasteiger partial charge in [0, 0.05) is 17.1 Å². The molecule has 3 rings (SSSR count). The number of hydrogen-bond donors (Lipinski definition) is 1. The number of para-hydroxylation sites is 1. The number of fused-ring (bicyclic) bond motifs is 1. The van der Waals surface area contributed by atoms with Gasteiger partial charge < -0.3 is 14.5 Å². The molecule has 0 fully saturated rings. The number of H-pyrrole nitrogens is 1. The van der Waals surface area contributed by atoms with E-state index in [1.165, 1.54) is 0 Å². The molecule has 1 aromatic heterocycles. The molecule has 0 radical (unpaired) electrons. The summed E-state index contributed by atoms with van der Waals surface area (Å²) in [4.78, 5) is 15.2. The van der Waals surface area contributed by atoms with Crippen molar-refractivity contribution in [3.8, 4) is 5.75 Å². The Labute approximate surface area is 141 Å². The normalized spacial score (nSPS) is 10.8. The van der Waals surface area contributed by atoms with E-state index in [4.69, 9.17) is 9.47 Å². The van der Waals surface area contributed by atoms with Crippen molar-refractivity contribution < 1.29 is 14.3 Å². The first-order chi connectivity index (χ1) is 11.6. The molecule has 0 spiro atoms. The predicted molar refractivity (Wildman–Crippen MR) is 94.4 cm³/mol. The number of rotatable bonds is 6. The second-order valence-electron chi connectivity index (χ2n) is 5.87. The van der Waals surface area contributed by atoms with E-state index in [1.54, 1.807) is 0 Å². The Balaban J connectivity index is 1.48. The largest absolute Gasteiger partial charge is 0.490 e. The van der Waals surface area contributed by atoms with E-state index in [2.05, 4.69) is 4.98 Å². The van der Waals surface area contributed by atoms with Crippen molar-refractivity contribution in [1.82, 2.24) is 4.98 Å². The van der Waals surface area contributed by atoms with Crippen molar-refractivity contribution in [2.24, 2.45) is 0 Å². The van der Waals surface area contributed by atoms with E-state index in [9.17, 15) is 4.79 Å². The average Bonchev–Trinajstić information content (AvgIpc) is 2.98. The van der Waals surface area contributed by atoms with Gasteiger partial charge in [0.15, 0.2) is 0 Å². The molecular weight excluding hydrogens is 302 g/mol. The monoisotopic (exact) mass is 323 g/mol. The molecule has 1 heterocycles. The van der Waals surface area contributed by atoms with Crippen LogP contribution in [0.2, 0.25) is 0 Å². The minimum atomic E-state index is -0.246. The van der Waals surface area contributed by atoms with Crippen molar-refractivity contribution in [2.45, 2.75) is 20.3 Å². The van der Waals surface area contributed by atoms with E-state index >= 15 is 0 Å². The molecular formula is C20H21NO3. The predicted octanol–water partition coefficient (Wildman–Crippen LogP) is 3.95. The molecule has 2 aromatic carbocycles. The maximum absolute atomic E-state index is 12.0. The summed E-state index contributed by atoms with van der Waals surface area (Å²) in [5, 5.41) is 1.06. The van der Waals surface area contributed by atoms with Gasteiger partial charge in [0.05, 0.1) is 6.42 Å². The van der Waals surface area contributed by atoms with Gasteiger partial charge in [-0.25, -0.2) is 0 Å². The summed E-state index contributed by atoms with van der Waals surface area (Å²) in [5.41, 5.74) is 4.20. The number of aryl methyl sites for hydroxylation is 2. The Morgan fingerprint density at radius 3 is 2.79 bits per heavy atom. The lowest BCUT2D eigenvalue weighted by Crippen LogP contribution is -2.14. The van der Waals surface area contributed by atoms with Gasteiger partial charge in [0.1, 0.15) is 19.0 Å². The lowest BCUT2D eigenvalue weighted by molar-refractivity contribution is -0.143. The summed E-state index contributed by atoms with van der Waals surface area (Å²) >= 11 is 0. The lowest BCUT2D eigenvalue weighted by atomic mass is 10.1. The summed E-state index contributed by atoms with van der Waals surface area (Å²) in [6, 6.07) is 14.0. The molecule has 0 amide bonds. The Kier molecular flexibility index (Phi) is 4.85. The SMILES string of the molecule is Cc1ccc(C)c(OCCOC(=O)Cc2c[nH]c3ccccc23)c1. The van der Waals surface area contributed by atoms with Crippen LogP contribution in [0.25, 0.3) is 10.9 Å². The highest BCUT2D eigenvalue weighted by Gasteiger charge is 2.09. The van der Waals surface area contributed by atoms with Gasteiger partial charge in [-0.2, -0.15) is 0 Å². The molecule has 0 atom stereocenters. The van der Waals surface area contributed by atoms with Crippen LogP contribution in [0.5, 0.6) is 5.75 Å². The standard InChI is InChI=1S/C20H21NO3/c1-14-7-8-15(2)19(11-14)23-9-10-24-20(22)12-16-13-21-18-6-4-3-5-17(16)18/h3-8,11,13,21H,9-10,12H2,1-2H3. The first-order valence-electron chi connectivity index (χ1n) is 8.04. The molecule has 0 saturated carbocycles. The number of esters is 1. The highest BCUT2D eigenvalue weighted by molar-refractivity contribution is 5.87. The van der Waals surface area contributed by atoms with E-state index in [0.29, 0.717) is 6.61 Å². The van der Waals surface area contributed by atoms with Gasteiger partial charge >= 0.3 is 5.97 Å². The van der Waals surface area contributed by atoms with Crippen LogP contribution < -0.4 is 4.74 Å². The molecule has 0 aliphatic carbocycles. The fourth-order valence-corrected chi connectivity index (χ4v) is 2.65. The minimum Gasteiger partial charge on any atom is -0.490 e. The third-order valence-corrected chi connectivity index (χ3v) is 3.96. The molecule has 0 aliphatic rings. The van der Waals surface area contributed by atoms with Crippen molar-refractivity contribution in [2.75, 3.05) is 13.2 Å². The van der Waals surface area contributed by atoms with Crippen LogP contribution in [-0.4, -0.2) is 24.2 Å². The number of benzene rings is 2. The van der Waals surface area contributed by atoms with E-state index in [1.807, 2.05) is 62.5 Å². The molecule has 124 valence electrons. The number of hydrogen-bond acceptors (Lipinski definition) is 3. The zero-order chi connectivity index (χ0) is 16.9. The number of aromatic amines is 1. The third-order valence-electron chi connectivity index (χ3n) is 3.96. The number of carbonyl (C=O) groups is 1. The Bertz CT molecular complexity index is 851. The van der Waals surface area contributed by atoms with Gasteiger partial charge in [0.25, 0.3) is 0 Å². The molecule has 4 heteroatoms. The molecule has 4 nitrogen and oxygen atoms in total. The maximum atomic E-state index is 12.0. The molecule has 0 unspecified atom stereocenters. The van der Waals surface area contributed by atoms with Crippen molar-refractivity contribution >= 4 is 16.9 Å². The van der Waals surface area contributed by atoms with Crippen LogP contribution in [-0.2, 0) is 16.0 Å². The minimum absolute atomic E-state index is 0.245. The molecule has 0 bridgehead atoms. The van der Waals surface area contributed by atoms with E-state index in [-0.39, 0.29) is 19.0 Å². The quantitative estimate of drug-likeness (QED) is 0.552. The highest BCUT2D eigenvalue weighted by Crippen LogP contribution is 2.19. The second-order valence-corrected chi connectivity index (χ2v) is 5.87. The van der Waals surface area contributed by atoms with E-state index < -0.39 is 0 Å². The summed E-state index contributed by atoms with van der Waals surface area (Å²) < 4.78 is 11.0. The summed E-state index contributed by atoms with van der Waals surface area (Å²) in [7, 11) is 0. The maximum Gasteiger partial charge on any atom is 0.310 e. The van der Waals surface area contributed by atoms with Crippen LogP contribution in [0, 0.1) is 13.8 Å².